The molecule has 10 heteroatoms. The van der Waals surface area contributed by atoms with Crippen LogP contribution >= 0.6 is 0 Å². The first-order chi connectivity index (χ1) is 22.8. The maximum atomic E-state index is 12.6. The Morgan fingerprint density at radius 2 is 1.13 bits per heavy atom. The van der Waals surface area contributed by atoms with Crippen molar-refractivity contribution in [2.45, 2.75) is 192 Å². The van der Waals surface area contributed by atoms with Crippen molar-refractivity contribution in [1.29, 1.82) is 0 Å². The number of rotatable bonds is 30. The second-order valence-electron chi connectivity index (χ2n) is 13.0. The molecule has 1 aliphatic rings. The number of unbranched alkanes of at least 4 members (excludes halogenated alkanes) is 17. The molecule has 0 bridgehead atoms. The van der Waals surface area contributed by atoms with E-state index >= 15 is 0 Å². The Hall–Kier alpha value is -1.56. The molecule has 1 fully saturated rings. The standard InChI is InChI=1S/C37H68O10/c1-3-5-7-9-11-12-13-14-15-16-17-18-20-21-23-25-32(39)44-28-30(46-33(40)26-24-22-19-10-8-6-4-2)29-45-37-36(43)35(42)34(41)31(27-38)47-37/h17-18,30-31,34-38,41-43H,3-16,19-29H2,1-2H3/b18-17+/t30-,31-,34+,35?,36?,37-/m0/s1. The topological polar surface area (TPSA) is 152 Å². The second-order valence-corrected chi connectivity index (χ2v) is 13.0. The van der Waals surface area contributed by atoms with E-state index in [0.29, 0.717) is 12.8 Å². The summed E-state index contributed by atoms with van der Waals surface area (Å²) in [6, 6.07) is 0. The van der Waals surface area contributed by atoms with Crippen molar-refractivity contribution in [2.75, 3.05) is 19.8 Å². The molecule has 0 aromatic heterocycles. The van der Waals surface area contributed by atoms with Crippen LogP contribution < -0.4 is 0 Å². The summed E-state index contributed by atoms with van der Waals surface area (Å²) < 4.78 is 21.9. The zero-order chi connectivity index (χ0) is 34.5. The molecular formula is C37H68O10. The van der Waals surface area contributed by atoms with Crippen LogP contribution in [0.25, 0.3) is 0 Å². The van der Waals surface area contributed by atoms with Gasteiger partial charge in [0.15, 0.2) is 12.4 Å². The molecule has 6 atom stereocenters. The smallest absolute Gasteiger partial charge is 0.306 e. The summed E-state index contributed by atoms with van der Waals surface area (Å²) in [7, 11) is 0. The van der Waals surface area contributed by atoms with Crippen LogP contribution in [-0.2, 0) is 28.5 Å². The molecule has 0 aromatic carbocycles. The number of esters is 2. The van der Waals surface area contributed by atoms with Gasteiger partial charge in [-0.3, -0.25) is 9.59 Å². The van der Waals surface area contributed by atoms with Crippen LogP contribution in [0.4, 0.5) is 0 Å². The predicted molar refractivity (Wildman–Crippen MR) is 183 cm³/mol. The molecule has 10 nitrogen and oxygen atoms in total. The number of carbonyl (C=O) groups excluding carboxylic acids is 2. The SMILES string of the molecule is CCCCCCCCCCC/C=C/CCCCC(=O)OC[C@@H](CO[C@H]1O[C@@H](CO)[C@@H](O)C(O)C1O)OC(=O)CCCCCCCCC. The van der Waals surface area contributed by atoms with Gasteiger partial charge in [0.05, 0.1) is 13.2 Å². The van der Waals surface area contributed by atoms with Crippen LogP contribution in [0, 0.1) is 0 Å². The molecule has 0 saturated carbocycles. The number of ether oxygens (including phenoxy) is 4. The molecule has 0 aliphatic carbocycles. The summed E-state index contributed by atoms with van der Waals surface area (Å²) >= 11 is 0. The number of carbonyl (C=O) groups is 2. The maximum absolute atomic E-state index is 12.6. The summed E-state index contributed by atoms with van der Waals surface area (Å²) in [5.74, 6) is -0.837. The maximum Gasteiger partial charge on any atom is 0.306 e. The van der Waals surface area contributed by atoms with Crippen LogP contribution in [0.3, 0.4) is 0 Å². The zero-order valence-corrected chi connectivity index (χ0v) is 29.5. The van der Waals surface area contributed by atoms with Gasteiger partial charge in [-0.25, -0.2) is 0 Å². The highest BCUT2D eigenvalue weighted by Crippen LogP contribution is 2.22. The predicted octanol–water partition coefficient (Wildman–Crippen LogP) is 6.44. The summed E-state index contributed by atoms with van der Waals surface area (Å²) in [5.41, 5.74) is 0. The molecule has 47 heavy (non-hydrogen) atoms. The highest BCUT2D eigenvalue weighted by atomic mass is 16.7. The Morgan fingerprint density at radius 3 is 1.70 bits per heavy atom. The van der Waals surface area contributed by atoms with Crippen molar-refractivity contribution < 1.29 is 49.0 Å². The van der Waals surface area contributed by atoms with Crippen molar-refractivity contribution in [3.63, 3.8) is 0 Å². The minimum absolute atomic E-state index is 0.225. The van der Waals surface area contributed by atoms with Gasteiger partial charge in [0.1, 0.15) is 31.0 Å². The van der Waals surface area contributed by atoms with Gasteiger partial charge in [0, 0.05) is 12.8 Å². The molecule has 0 aromatic rings. The lowest BCUT2D eigenvalue weighted by Crippen LogP contribution is -2.59. The van der Waals surface area contributed by atoms with E-state index in [1.807, 2.05) is 0 Å². The van der Waals surface area contributed by atoms with E-state index in [1.54, 1.807) is 0 Å². The van der Waals surface area contributed by atoms with Crippen molar-refractivity contribution >= 4 is 11.9 Å². The molecule has 4 N–H and O–H groups in total. The Kier molecular flexibility index (Phi) is 27.2. The van der Waals surface area contributed by atoms with Crippen molar-refractivity contribution in [3.05, 3.63) is 12.2 Å². The third-order valence-electron chi connectivity index (χ3n) is 8.65. The van der Waals surface area contributed by atoms with Crippen LogP contribution in [0.2, 0.25) is 0 Å². The summed E-state index contributed by atoms with van der Waals surface area (Å²) in [5, 5.41) is 39.8. The zero-order valence-electron chi connectivity index (χ0n) is 29.5. The molecular weight excluding hydrogens is 604 g/mol. The van der Waals surface area contributed by atoms with Gasteiger partial charge in [0.2, 0.25) is 0 Å². The van der Waals surface area contributed by atoms with Crippen LogP contribution in [-0.4, -0.2) is 89.0 Å². The second kappa shape index (κ2) is 29.4. The minimum Gasteiger partial charge on any atom is -0.462 e. The molecule has 0 radical (unpaired) electrons. The lowest BCUT2D eigenvalue weighted by molar-refractivity contribution is -0.305. The number of hydrogen-bond donors (Lipinski definition) is 4. The summed E-state index contributed by atoms with van der Waals surface area (Å²) in [6.07, 6.45) is 19.7. The highest BCUT2D eigenvalue weighted by molar-refractivity contribution is 5.70. The van der Waals surface area contributed by atoms with Crippen LogP contribution in [0.5, 0.6) is 0 Å². The van der Waals surface area contributed by atoms with Gasteiger partial charge in [-0.1, -0.05) is 116 Å². The number of aliphatic hydroxyl groups is 4. The fraction of sp³-hybridized carbons (Fsp3) is 0.892. The van der Waals surface area contributed by atoms with Gasteiger partial charge in [-0.15, -0.1) is 0 Å². The fourth-order valence-electron chi connectivity index (χ4n) is 5.59. The number of hydrogen-bond acceptors (Lipinski definition) is 10. The van der Waals surface area contributed by atoms with Crippen molar-refractivity contribution in [1.82, 2.24) is 0 Å². The Morgan fingerprint density at radius 1 is 0.638 bits per heavy atom. The molecule has 276 valence electrons. The lowest BCUT2D eigenvalue weighted by atomic mass is 9.99. The van der Waals surface area contributed by atoms with E-state index in [4.69, 9.17) is 18.9 Å². The molecule has 1 aliphatic heterocycles. The van der Waals surface area contributed by atoms with Gasteiger partial charge in [-0.05, 0) is 38.5 Å². The molecule has 1 saturated heterocycles. The Labute approximate surface area is 284 Å². The lowest BCUT2D eigenvalue weighted by Gasteiger charge is -2.39. The van der Waals surface area contributed by atoms with Gasteiger partial charge in [-0.2, -0.15) is 0 Å². The third kappa shape index (κ3) is 21.9. The molecule has 1 heterocycles. The van der Waals surface area contributed by atoms with E-state index in [0.717, 1.165) is 38.5 Å². The largest absolute Gasteiger partial charge is 0.462 e. The third-order valence-corrected chi connectivity index (χ3v) is 8.65. The number of aliphatic hydroxyl groups excluding tert-OH is 4. The fourth-order valence-corrected chi connectivity index (χ4v) is 5.59. The van der Waals surface area contributed by atoms with E-state index in [2.05, 4.69) is 26.0 Å². The Balaban J connectivity index is 2.37. The molecule has 0 spiro atoms. The molecule has 1 rings (SSSR count). The first-order valence-corrected chi connectivity index (χ1v) is 18.8. The van der Waals surface area contributed by atoms with Crippen LogP contribution in [0.15, 0.2) is 12.2 Å². The van der Waals surface area contributed by atoms with E-state index in [-0.39, 0.29) is 26.1 Å². The average Bonchev–Trinajstić information content (AvgIpc) is 3.06. The average molecular weight is 673 g/mol. The molecule has 2 unspecified atom stereocenters. The first kappa shape index (κ1) is 43.5. The monoisotopic (exact) mass is 672 g/mol. The minimum atomic E-state index is -1.59. The van der Waals surface area contributed by atoms with Crippen LogP contribution in [0.1, 0.15) is 155 Å². The number of allylic oxidation sites excluding steroid dienone is 2. The Bertz CT molecular complexity index is 789. The highest BCUT2D eigenvalue weighted by Gasteiger charge is 2.44. The van der Waals surface area contributed by atoms with E-state index < -0.39 is 55.4 Å². The normalized spacial score (nSPS) is 22.0. The van der Waals surface area contributed by atoms with Gasteiger partial charge >= 0.3 is 11.9 Å². The molecule has 0 amide bonds. The quantitative estimate of drug-likeness (QED) is 0.0381. The van der Waals surface area contributed by atoms with Gasteiger partial charge < -0.3 is 39.4 Å². The van der Waals surface area contributed by atoms with E-state index in [9.17, 15) is 30.0 Å². The van der Waals surface area contributed by atoms with E-state index in [1.165, 1.54) is 77.0 Å². The summed E-state index contributed by atoms with van der Waals surface area (Å²) in [6.45, 7) is 3.33. The van der Waals surface area contributed by atoms with Crippen molar-refractivity contribution in [2.24, 2.45) is 0 Å². The summed E-state index contributed by atoms with van der Waals surface area (Å²) in [4.78, 5) is 25.0. The first-order valence-electron chi connectivity index (χ1n) is 18.8. The van der Waals surface area contributed by atoms with Gasteiger partial charge in [0.25, 0.3) is 0 Å². The van der Waals surface area contributed by atoms with Crippen molar-refractivity contribution in [3.8, 4) is 0 Å².